The van der Waals surface area contributed by atoms with Crippen molar-refractivity contribution in [1.82, 2.24) is 9.88 Å². The fourth-order valence-corrected chi connectivity index (χ4v) is 1.41. The number of nitrogens with zero attached hydrogens (tertiary/aromatic N) is 1. The smallest absolute Gasteiger partial charge is 0.0715 e. The lowest BCUT2D eigenvalue weighted by atomic mass is 10.1. The molecule has 0 bridgehead atoms. The zero-order chi connectivity index (χ0) is 10.6. The molecule has 2 N–H and O–H groups in total. The van der Waals surface area contributed by atoms with Crippen LogP contribution in [0.5, 0.6) is 0 Å². The fourth-order valence-electron chi connectivity index (χ4n) is 1.41. The van der Waals surface area contributed by atoms with Crippen LogP contribution in [-0.4, -0.2) is 21.8 Å². The lowest BCUT2D eigenvalue weighted by Gasteiger charge is -2.18. The van der Waals surface area contributed by atoms with Crippen molar-refractivity contribution in [3.05, 3.63) is 24.0 Å². The normalized spacial score (nSPS) is 12.0. The molecule has 0 amide bonds. The summed E-state index contributed by atoms with van der Waals surface area (Å²) in [6.45, 7) is 8.15. The maximum atomic E-state index is 9.50. The molecule has 0 saturated heterocycles. The second kappa shape index (κ2) is 4.62. The van der Waals surface area contributed by atoms with Crippen LogP contribution < -0.4 is 5.32 Å². The van der Waals surface area contributed by atoms with Crippen LogP contribution in [0.3, 0.4) is 0 Å². The van der Waals surface area contributed by atoms with Gasteiger partial charge in [-0.3, -0.25) is 0 Å². The molecule has 1 rings (SSSR count). The summed E-state index contributed by atoms with van der Waals surface area (Å²) in [6.07, 6.45) is 2.07. The highest BCUT2D eigenvalue weighted by molar-refractivity contribution is 5.06. The predicted molar refractivity (Wildman–Crippen MR) is 58.1 cm³/mol. The van der Waals surface area contributed by atoms with Gasteiger partial charge in [0.25, 0.3) is 0 Å². The molecule has 0 fully saturated rings. The molecule has 0 saturated carbocycles. The second-order valence-corrected chi connectivity index (χ2v) is 4.20. The predicted octanol–water partition coefficient (Wildman–Crippen LogP) is 1.37. The van der Waals surface area contributed by atoms with E-state index >= 15 is 0 Å². The lowest BCUT2D eigenvalue weighted by Crippen LogP contribution is -2.34. The Hall–Kier alpha value is -0.800. The van der Waals surface area contributed by atoms with E-state index in [2.05, 4.69) is 29.1 Å². The Labute approximate surface area is 85.7 Å². The second-order valence-electron chi connectivity index (χ2n) is 4.20. The Kier molecular flexibility index (Phi) is 3.72. The molecule has 3 nitrogen and oxygen atoms in total. The summed E-state index contributed by atoms with van der Waals surface area (Å²) in [5.74, 6) is 0. The molecule has 0 unspecified atom stereocenters. The third kappa shape index (κ3) is 3.52. The van der Waals surface area contributed by atoms with Crippen molar-refractivity contribution in [3.63, 3.8) is 0 Å². The maximum Gasteiger partial charge on any atom is 0.0715 e. The summed E-state index contributed by atoms with van der Waals surface area (Å²) in [6, 6.07) is 4.14. The summed E-state index contributed by atoms with van der Waals surface area (Å²) in [7, 11) is 0. The molecule has 80 valence electrons. The van der Waals surface area contributed by atoms with Crippen molar-refractivity contribution in [2.75, 3.05) is 6.54 Å². The molecule has 0 atom stereocenters. The van der Waals surface area contributed by atoms with Gasteiger partial charge in [0, 0.05) is 31.5 Å². The first kappa shape index (κ1) is 11.3. The molecule has 0 aliphatic heterocycles. The largest absolute Gasteiger partial charge is 0.389 e. The van der Waals surface area contributed by atoms with Crippen LogP contribution in [0, 0.1) is 0 Å². The number of hydrogen-bond donors (Lipinski definition) is 2. The number of aliphatic hydroxyl groups is 1. The minimum Gasteiger partial charge on any atom is -0.389 e. The van der Waals surface area contributed by atoms with Gasteiger partial charge < -0.3 is 15.0 Å². The average molecular weight is 196 g/mol. The summed E-state index contributed by atoms with van der Waals surface area (Å²) in [4.78, 5) is 0. The molecule has 1 heterocycles. The van der Waals surface area contributed by atoms with E-state index in [9.17, 15) is 5.11 Å². The zero-order valence-electron chi connectivity index (χ0n) is 9.25. The molecule has 0 aliphatic rings. The van der Waals surface area contributed by atoms with Gasteiger partial charge in [-0.2, -0.15) is 0 Å². The van der Waals surface area contributed by atoms with Crippen LogP contribution >= 0.6 is 0 Å². The molecule has 14 heavy (non-hydrogen) atoms. The standard InChI is InChI=1S/C11H20N2O/c1-4-13-7-5-6-10(13)8-12-9-11(2,3)14/h5-7,12,14H,4,8-9H2,1-3H3. The number of rotatable bonds is 5. The van der Waals surface area contributed by atoms with Gasteiger partial charge in [-0.05, 0) is 32.9 Å². The van der Waals surface area contributed by atoms with E-state index in [0.29, 0.717) is 6.54 Å². The molecule has 3 heteroatoms. The van der Waals surface area contributed by atoms with Gasteiger partial charge in [-0.15, -0.1) is 0 Å². The van der Waals surface area contributed by atoms with Gasteiger partial charge in [0.15, 0.2) is 0 Å². The van der Waals surface area contributed by atoms with Crippen LogP contribution in [0.25, 0.3) is 0 Å². The van der Waals surface area contributed by atoms with Crippen molar-refractivity contribution >= 4 is 0 Å². The molecule has 0 spiro atoms. The number of nitrogens with one attached hydrogen (secondary N) is 1. The number of aromatic nitrogens is 1. The molecule has 1 aromatic rings. The fraction of sp³-hybridized carbons (Fsp3) is 0.636. The molecule has 1 aromatic heterocycles. The van der Waals surface area contributed by atoms with Crippen LogP contribution in [0.4, 0.5) is 0 Å². The highest BCUT2D eigenvalue weighted by atomic mass is 16.3. The van der Waals surface area contributed by atoms with Gasteiger partial charge in [0.1, 0.15) is 0 Å². The van der Waals surface area contributed by atoms with E-state index in [1.807, 2.05) is 6.07 Å². The summed E-state index contributed by atoms with van der Waals surface area (Å²) in [5.41, 5.74) is 0.626. The van der Waals surface area contributed by atoms with Crippen LogP contribution in [0.2, 0.25) is 0 Å². The number of hydrogen-bond acceptors (Lipinski definition) is 2. The Bertz CT molecular complexity index is 273. The zero-order valence-corrected chi connectivity index (χ0v) is 9.25. The van der Waals surface area contributed by atoms with Gasteiger partial charge in [0.05, 0.1) is 5.60 Å². The van der Waals surface area contributed by atoms with Crippen LogP contribution in [0.1, 0.15) is 26.5 Å². The van der Waals surface area contributed by atoms with E-state index < -0.39 is 5.60 Å². The quantitative estimate of drug-likeness (QED) is 0.746. The topological polar surface area (TPSA) is 37.2 Å². The van der Waals surface area contributed by atoms with Crippen LogP contribution in [-0.2, 0) is 13.1 Å². The first-order chi connectivity index (χ1) is 6.53. The molecule has 0 aromatic carbocycles. The molecular weight excluding hydrogens is 176 g/mol. The third-order valence-corrected chi connectivity index (χ3v) is 2.13. The summed E-state index contributed by atoms with van der Waals surface area (Å²) >= 11 is 0. The Morgan fingerprint density at radius 1 is 1.50 bits per heavy atom. The monoisotopic (exact) mass is 196 g/mol. The minimum atomic E-state index is -0.635. The van der Waals surface area contributed by atoms with Crippen LogP contribution in [0.15, 0.2) is 18.3 Å². The first-order valence-corrected chi connectivity index (χ1v) is 5.10. The van der Waals surface area contributed by atoms with E-state index in [0.717, 1.165) is 13.1 Å². The first-order valence-electron chi connectivity index (χ1n) is 5.10. The SMILES string of the molecule is CCn1cccc1CNCC(C)(C)O. The third-order valence-electron chi connectivity index (χ3n) is 2.13. The molecule has 0 aliphatic carbocycles. The van der Waals surface area contributed by atoms with Gasteiger partial charge >= 0.3 is 0 Å². The van der Waals surface area contributed by atoms with E-state index in [1.165, 1.54) is 5.69 Å². The average Bonchev–Trinajstić information content (AvgIpc) is 2.49. The summed E-state index contributed by atoms with van der Waals surface area (Å²) < 4.78 is 2.19. The van der Waals surface area contributed by atoms with Crippen molar-refractivity contribution in [2.45, 2.75) is 39.5 Å². The Balaban J connectivity index is 2.38. The maximum absolute atomic E-state index is 9.50. The highest BCUT2D eigenvalue weighted by Gasteiger charge is 2.11. The van der Waals surface area contributed by atoms with Gasteiger partial charge in [0.2, 0.25) is 0 Å². The van der Waals surface area contributed by atoms with E-state index in [1.54, 1.807) is 13.8 Å². The molecule has 0 radical (unpaired) electrons. The summed E-state index contributed by atoms with van der Waals surface area (Å²) in [5, 5.41) is 12.7. The minimum absolute atomic E-state index is 0.613. The lowest BCUT2D eigenvalue weighted by molar-refractivity contribution is 0.0793. The van der Waals surface area contributed by atoms with E-state index in [4.69, 9.17) is 0 Å². The van der Waals surface area contributed by atoms with Crippen molar-refractivity contribution < 1.29 is 5.11 Å². The number of aryl methyl sites for hydroxylation is 1. The van der Waals surface area contributed by atoms with Gasteiger partial charge in [-0.1, -0.05) is 0 Å². The van der Waals surface area contributed by atoms with E-state index in [-0.39, 0.29) is 0 Å². The Morgan fingerprint density at radius 3 is 2.79 bits per heavy atom. The highest BCUT2D eigenvalue weighted by Crippen LogP contribution is 2.03. The Morgan fingerprint density at radius 2 is 2.21 bits per heavy atom. The molecular formula is C11H20N2O. The van der Waals surface area contributed by atoms with Crippen molar-refractivity contribution in [3.8, 4) is 0 Å². The van der Waals surface area contributed by atoms with Crippen molar-refractivity contribution in [1.29, 1.82) is 0 Å². The van der Waals surface area contributed by atoms with Gasteiger partial charge in [-0.25, -0.2) is 0 Å². The van der Waals surface area contributed by atoms with Crippen molar-refractivity contribution in [2.24, 2.45) is 0 Å².